The first-order valence-electron chi connectivity index (χ1n) is 9.69. The van der Waals surface area contributed by atoms with Gasteiger partial charge in [0.2, 0.25) is 10.0 Å². The van der Waals surface area contributed by atoms with Gasteiger partial charge in [-0.15, -0.1) is 0 Å². The number of carbonyl (C=O) groups is 1. The van der Waals surface area contributed by atoms with Crippen LogP contribution in [0.3, 0.4) is 0 Å². The van der Waals surface area contributed by atoms with Crippen LogP contribution < -0.4 is 10.5 Å². The molecular formula is C24H21N3O3S. The molecule has 1 aromatic heterocycles. The summed E-state index contributed by atoms with van der Waals surface area (Å²) >= 11 is 0. The summed E-state index contributed by atoms with van der Waals surface area (Å²) in [5.41, 5.74) is 4.82. The molecule has 0 aliphatic rings. The molecule has 7 heteroatoms. The lowest BCUT2D eigenvalue weighted by atomic mass is 10.0. The van der Waals surface area contributed by atoms with E-state index in [9.17, 15) is 13.2 Å². The van der Waals surface area contributed by atoms with Crippen molar-refractivity contribution in [1.82, 2.24) is 10.3 Å². The van der Waals surface area contributed by atoms with Gasteiger partial charge in [-0.1, -0.05) is 54.6 Å². The molecule has 31 heavy (non-hydrogen) atoms. The number of nitrogens with one attached hydrogen (secondary N) is 1. The Morgan fingerprint density at radius 3 is 2.35 bits per heavy atom. The number of aryl methyl sites for hydroxylation is 1. The average molecular weight is 432 g/mol. The topological polar surface area (TPSA) is 102 Å². The number of sulfonamides is 1. The first-order chi connectivity index (χ1) is 14.8. The van der Waals surface area contributed by atoms with Gasteiger partial charge in [0.1, 0.15) is 0 Å². The number of rotatable bonds is 5. The van der Waals surface area contributed by atoms with Gasteiger partial charge in [-0.25, -0.2) is 18.5 Å². The van der Waals surface area contributed by atoms with Gasteiger partial charge in [0, 0.05) is 17.5 Å². The highest BCUT2D eigenvalue weighted by Crippen LogP contribution is 2.27. The zero-order valence-electron chi connectivity index (χ0n) is 16.9. The predicted octanol–water partition coefficient (Wildman–Crippen LogP) is 3.79. The molecule has 0 saturated heterocycles. The Kier molecular flexibility index (Phi) is 5.54. The minimum absolute atomic E-state index is 0.0329. The number of hydrogen-bond donors (Lipinski definition) is 2. The Morgan fingerprint density at radius 2 is 1.65 bits per heavy atom. The van der Waals surface area contributed by atoms with Crippen molar-refractivity contribution in [2.24, 2.45) is 5.14 Å². The number of hydrogen-bond acceptors (Lipinski definition) is 4. The van der Waals surface area contributed by atoms with Crippen LogP contribution in [-0.2, 0) is 16.6 Å². The van der Waals surface area contributed by atoms with E-state index in [1.807, 2.05) is 61.5 Å². The molecule has 0 fully saturated rings. The maximum Gasteiger partial charge on any atom is 0.252 e. The second-order valence-electron chi connectivity index (χ2n) is 7.26. The summed E-state index contributed by atoms with van der Waals surface area (Å²) in [6.07, 6.45) is 0. The van der Waals surface area contributed by atoms with Crippen LogP contribution in [0.1, 0.15) is 21.5 Å². The van der Waals surface area contributed by atoms with Gasteiger partial charge >= 0.3 is 0 Å². The molecule has 0 aliphatic heterocycles. The van der Waals surface area contributed by atoms with Crippen LogP contribution in [-0.4, -0.2) is 19.3 Å². The van der Waals surface area contributed by atoms with Crippen LogP contribution in [0.15, 0.2) is 83.8 Å². The summed E-state index contributed by atoms with van der Waals surface area (Å²) in [5, 5.41) is 8.80. The van der Waals surface area contributed by atoms with Crippen LogP contribution in [0.25, 0.3) is 22.2 Å². The number of nitrogens with zero attached hydrogens (tertiary/aromatic N) is 1. The van der Waals surface area contributed by atoms with Crippen LogP contribution in [0.5, 0.6) is 0 Å². The van der Waals surface area contributed by atoms with Crippen molar-refractivity contribution >= 4 is 26.8 Å². The lowest BCUT2D eigenvalue weighted by Crippen LogP contribution is -2.23. The summed E-state index contributed by atoms with van der Waals surface area (Å²) in [4.78, 5) is 17.9. The molecule has 3 aromatic carbocycles. The van der Waals surface area contributed by atoms with Crippen molar-refractivity contribution in [2.45, 2.75) is 18.4 Å². The molecule has 1 amide bonds. The molecule has 4 rings (SSSR count). The van der Waals surface area contributed by atoms with Gasteiger partial charge < -0.3 is 5.32 Å². The number of nitrogens with two attached hydrogens (primary N) is 1. The number of amides is 1. The minimum Gasteiger partial charge on any atom is -0.348 e. The monoisotopic (exact) mass is 431 g/mol. The largest absolute Gasteiger partial charge is 0.348 e. The lowest BCUT2D eigenvalue weighted by molar-refractivity contribution is 0.0952. The number of primary sulfonamides is 1. The smallest absolute Gasteiger partial charge is 0.252 e. The molecule has 0 unspecified atom stereocenters. The molecule has 0 atom stereocenters. The number of carbonyl (C=O) groups excluding carboxylic acids is 1. The van der Waals surface area contributed by atoms with Crippen LogP contribution in [0.4, 0.5) is 0 Å². The van der Waals surface area contributed by atoms with Crippen molar-refractivity contribution in [1.29, 1.82) is 0 Å². The molecule has 156 valence electrons. The van der Waals surface area contributed by atoms with Crippen molar-refractivity contribution in [3.63, 3.8) is 0 Å². The second-order valence-corrected chi connectivity index (χ2v) is 8.82. The SMILES string of the molecule is Cc1ccccc1-c1cc(C(=O)NCc2ccc(S(N)(=O)=O)cc2)c2ccccc2n1. The Bertz CT molecular complexity index is 1380. The molecule has 6 nitrogen and oxygen atoms in total. The maximum absolute atomic E-state index is 13.1. The maximum atomic E-state index is 13.1. The molecule has 4 aromatic rings. The third-order valence-electron chi connectivity index (χ3n) is 5.09. The molecule has 0 aliphatic carbocycles. The van der Waals surface area contributed by atoms with Crippen molar-refractivity contribution < 1.29 is 13.2 Å². The van der Waals surface area contributed by atoms with E-state index < -0.39 is 10.0 Å². The van der Waals surface area contributed by atoms with E-state index in [0.717, 1.165) is 33.3 Å². The first kappa shape index (κ1) is 20.7. The Morgan fingerprint density at radius 1 is 0.968 bits per heavy atom. The molecular weight excluding hydrogens is 410 g/mol. The number of fused-ring (bicyclic) bond motifs is 1. The molecule has 3 N–H and O–H groups in total. The van der Waals surface area contributed by atoms with E-state index >= 15 is 0 Å². The second kappa shape index (κ2) is 8.29. The summed E-state index contributed by atoms with van der Waals surface area (Å²) < 4.78 is 22.8. The van der Waals surface area contributed by atoms with E-state index in [2.05, 4.69) is 5.32 Å². The normalized spacial score (nSPS) is 11.4. The van der Waals surface area contributed by atoms with Crippen LogP contribution >= 0.6 is 0 Å². The zero-order chi connectivity index (χ0) is 22.0. The van der Waals surface area contributed by atoms with Gasteiger partial charge in [-0.2, -0.15) is 0 Å². The quantitative estimate of drug-likeness (QED) is 0.502. The van der Waals surface area contributed by atoms with Crippen molar-refractivity contribution in [3.05, 3.63) is 95.6 Å². The van der Waals surface area contributed by atoms with Crippen molar-refractivity contribution in [2.75, 3.05) is 0 Å². The third kappa shape index (κ3) is 4.47. The molecule has 0 bridgehead atoms. The summed E-state index contributed by atoms with van der Waals surface area (Å²) in [5.74, 6) is -0.232. The number of para-hydroxylation sites is 1. The Labute approximate surface area is 180 Å². The zero-order valence-corrected chi connectivity index (χ0v) is 17.7. The first-order valence-corrected chi connectivity index (χ1v) is 11.2. The summed E-state index contributed by atoms with van der Waals surface area (Å²) in [7, 11) is -3.75. The van der Waals surface area contributed by atoms with E-state index in [1.165, 1.54) is 12.1 Å². The van der Waals surface area contributed by atoms with Gasteiger partial charge in [0.05, 0.1) is 21.7 Å². The number of pyridine rings is 1. The molecule has 0 spiro atoms. The van der Waals surface area contributed by atoms with E-state index in [0.29, 0.717) is 5.56 Å². The van der Waals surface area contributed by atoms with Crippen LogP contribution in [0.2, 0.25) is 0 Å². The summed E-state index contributed by atoms with van der Waals surface area (Å²) in [6.45, 7) is 2.26. The third-order valence-corrected chi connectivity index (χ3v) is 6.02. The molecule has 0 saturated carbocycles. The van der Waals surface area contributed by atoms with Crippen molar-refractivity contribution in [3.8, 4) is 11.3 Å². The van der Waals surface area contributed by atoms with Gasteiger partial charge in [0.25, 0.3) is 5.91 Å². The van der Waals surface area contributed by atoms with Gasteiger partial charge in [-0.3, -0.25) is 4.79 Å². The average Bonchev–Trinajstić information content (AvgIpc) is 2.76. The van der Waals surface area contributed by atoms with E-state index in [4.69, 9.17) is 10.1 Å². The van der Waals surface area contributed by atoms with E-state index in [1.54, 1.807) is 12.1 Å². The fourth-order valence-corrected chi connectivity index (χ4v) is 3.95. The Hall–Kier alpha value is -3.55. The molecule has 1 heterocycles. The highest BCUT2D eigenvalue weighted by atomic mass is 32.2. The number of aromatic nitrogens is 1. The predicted molar refractivity (Wildman–Crippen MR) is 121 cm³/mol. The minimum atomic E-state index is -3.75. The Balaban J connectivity index is 1.65. The van der Waals surface area contributed by atoms with E-state index in [-0.39, 0.29) is 17.3 Å². The fraction of sp³-hybridized carbons (Fsp3) is 0.0833. The summed E-state index contributed by atoms with van der Waals surface area (Å²) in [6, 6.07) is 23.4. The lowest BCUT2D eigenvalue weighted by Gasteiger charge is -2.12. The molecule has 0 radical (unpaired) electrons. The van der Waals surface area contributed by atoms with Gasteiger partial charge in [-0.05, 0) is 42.3 Å². The standard InChI is InChI=1S/C24H21N3O3S/c1-16-6-2-3-7-19(16)23-14-21(20-8-4-5-9-22(20)27-23)24(28)26-15-17-10-12-18(13-11-17)31(25,29)30/h2-14H,15H2,1H3,(H,26,28)(H2,25,29,30). The van der Waals surface area contributed by atoms with Crippen LogP contribution in [0, 0.1) is 6.92 Å². The highest BCUT2D eigenvalue weighted by Gasteiger charge is 2.15. The number of benzene rings is 3. The fourth-order valence-electron chi connectivity index (χ4n) is 3.44. The van der Waals surface area contributed by atoms with Gasteiger partial charge in [0.15, 0.2) is 0 Å². The highest BCUT2D eigenvalue weighted by molar-refractivity contribution is 7.89.